The predicted molar refractivity (Wildman–Crippen MR) is 141 cm³/mol. The van der Waals surface area contributed by atoms with E-state index in [0.717, 1.165) is 27.9 Å². The molecule has 0 aliphatic carbocycles. The van der Waals surface area contributed by atoms with Gasteiger partial charge in [-0.2, -0.15) is 9.49 Å². The van der Waals surface area contributed by atoms with Crippen LogP contribution in [0.3, 0.4) is 0 Å². The van der Waals surface area contributed by atoms with Crippen LogP contribution in [-0.4, -0.2) is 41.0 Å². The van der Waals surface area contributed by atoms with Crippen molar-refractivity contribution in [1.29, 1.82) is 0 Å². The quantitative estimate of drug-likeness (QED) is 0.259. The van der Waals surface area contributed by atoms with Gasteiger partial charge in [0, 0.05) is 24.4 Å². The smallest absolute Gasteiger partial charge is 0.224 e. The molecule has 3 N–H and O–H groups in total. The minimum atomic E-state index is -0.280. The molecule has 0 aliphatic heterocycles. The van der Waals surface area contributed by atoms with Crippen molar-refractivity contribution in [3.63, 3.8) is 0 Å². The number of nitrogens with one attached hydrogen (secondary N) is 3. The zero-order chi connectivity index (χ0) is 25.5. The summed E-state index contributed by atoms with van der Waals surface area (Å²) in [5, 5.41) is 10.1. The molecule has 6 aromatic rings. The van der Waals surface area contributed by atoms with Crippen molar-refractivity contribution in [2.75, 3.05) is 5.32 Å². The topological polar surface area (TPSA) is 125 Å². The lowest BCUT2D eigenvalue weighted by Gasteiger charge is -2.08. The summed E-state index contributed by atoms with van der Waals surface area (Å²) in [5.74, 6) is 0.722. The number of imidazole rings is 1. The Kier molecular flexibility index (Phi) is 5.68. The van der Waals surface area contributed by atoms with Gasteiger partial charge in [0.1, 0.15) is 16.7 Å². The molecular weight excluding hydrogens is 491 g/mol. The summed E-state index contributed by atoms with van der Waals surface area (Å²) in [6.07, 6.45) is 5.41. The van der Waals surface area contributed by atoms with Gasteiger partial charge in [-0.05, 0) is 42.3 Å². The fraction of sp³-hybridized carbons (Fsp3) is 0.154. The molecule has 37 heavy (non-hydrogen) atoms. The van der Waals surface area contributed by atoms with E-state index in [1.165, 1.54) is 6.07 Å². The standard InChI is InChI=1S/C26H21FN8OS/c1-13(2)9-21(36)30-15-10-14(11-28-12-15)16-3-4-18-23(31-16)25(35-34-18)26-32-17-7-8-29-24(22(17)33-26)19-5-6-20(27)37-19/h3-8,10-13H,9H2,1-2H3,(H,30,36)(H,32,33)(H,34,35). The Labute approximate surface area is 214 Å². The second-order valence-corrected chi connectivity index (χ2v) is 10.1. The Bertz CT molecular complexity index is 1770. The highest BCUT2D eigenvalue weighted by Gasteiger charge is 2.18. The fourth-order valence-electron chi connectivity index (χ4n) is 4.13. The van der Waals surface area contributed by atoms with E-state index in [0.29, 0.717) is 50.9 Å². The Balaban J connectivity index is 1.38. The summed E-state index contributed by atoms with van der Waals surface area (Å²) in [6.45, 7) is 3.99. The number of nitrogens with zero attached hydrogens (tertiary/aromatic N) is 5. The minimum absolute atomic E-state index is 0.0569. The van der Waals surface area contributed by atoms with E-state index in [4.69, 9.17) is 9.97 Å². The molecule has 0 saturated carbocycles. The lowest BCUT2D eigenvalue weighted by molar-refractivity contribution is -0.116. The number of carbonyl (C=O) groups excluding carboxylic acids is 1. The molecule has 9 nitrogen and oxygen atoms in total. The van der Waals surface area contributed by atoms with Gasteiger partial charge in [0.2, 0.25) is 5.91 Å². The van der Waals surface area contributed by atoms with Gasteiger partial charge in [0.25, 0.3) is 0 Å². The summed E-state index contributed by atoms with van der Waals surface area (Å²) in [6, 6.07) is 10.5. The van der Waals surface area contributed by atoms with E-state index >= 15 is 0 Å². The number of amides is 1. The van der Waals surface area contributed by atoms with Gasteiger partial charge >= 0.3 is 0 Å². The summed E-state index contributed by atoms with van der Waals surface area (Å²) in [4.78, 5) is 34.5. The van der Waals surface area contributed by atoms with Gasteiger partial charge in [-0.3, -0.25) is 19.9 Å². The molecule has 0 aliphatic rings. The number of aromatic amines is 2. The number of anilines is 1. The van der Waals surface area contributed by atoms with Gasteiger partial charge in [0.15, 0.2) is 16.6 Å². The molecule has 6 aromatic heterocycles. The molecule has 6 rings (SSSR count). The normalized spacial score (nSPS) is 11.6. The maximum absolute atomic E-state index is 13.6. The summed E-state index contributed by atoms with van der Waals surface area (Å²) in [7, 11) is 0. The average molecular weight is 513 g/mol. The van der Waals surface area contributed by atoms with Crippen LogP contribution in [0.25, 0.3) is 55.4 Å². The first-order valence-corrected chi connectivity index (χ1v) is 12.5. The highest BCUT2D eigenvalue weighted by atomic mass is 32.1. The number of thiophene rings is 1. The van der Waals surface area contributed by atoms with E-state index < -0.39 is 0 Å². The van der Waals surface area contributed by atoms with Crippen LogP contribution in [0.2, 0.25) is 0 Å². The first-order valence-electron chi connectivity index (χ1n) is 11.7. The Morgan fingerprint density at radius 3 is 2.73 bits per heavy atom. The molecule has 0 unspecified atom stereocenters. The Morgan fingerprint density at radius 1 is 1.05 bits per heavy atom. The molecule has 0 fully saturated rings. The van der Waals surface area contributed by atoms with Gasteiger partial charge in [-0.1, -0.05) is 13.8 Å². The Hall–Kier alpha value is -4.51. The van der Waals surface area contributed by atoms with Crippen molar-refractivity contribution in [3.8, 4) is 33.3 Å². The summed E-state index contributed by atoms with van der Waals surface area (Å²) in [5.41, 5.74) is 5.95. The third-order valence-corrected chi connectivity index (χ3v) is 6.63. The number of carbonyl (C=O) groups is 1. The molecule has 0 bridgehead atoms. The van der Waals surface area contributed by atoms with Gasteiger partial charge in [-0.25, -0.2) is 9.97 Å². The molecule has 0 saturated heterocycles. The van der Waals surface area contributed by atoms with Crippen molar-refractivity contribution < 1.29 is 9.18 Å². The second kappa shape index (κ2) is 9.17. The zero-order valence-electron chi connectivity index (χ0n) is 19.9. The zero-order valence-corrected chi connectivity index (χ0v) is 20.7. The predicted octanol–water partition coefficient (Wildman–Crippen LogP) is 5.81. The van der Waals surface area contributed by atoms with Crippen LogP contribution in [0.4, 0.5) is 10.1 Å². The molecule has 1 amide bonds. The fourth-order valence-corrected chi connectivity index (χ4v) is 4.85. The van der Waals surface area contributed by atoms with Crippen molar-refractivity contribution in [2.45, 2.75) is 20.3 Å². The monoisotopic (exact) mass is 512 g/mol. The summed E-state index contributed by atoms with van der Waals surface area (Å²) >= 11 is 1.02. The SMILES string of the molecule is CC(C)CC(=O)Nc1cncc(-c2ccc3[nH]nc(-c4nc5c(-c6ccc(F)s6)nccc5[nH]4)c3n2)c1. The first kappa shape index (κ1) is 22.9. The number of fused-ring (bicyclic) bond motifs is 2. The van der Waals surface area contributed by atoms with Crippen molar-refractivity contribution >= 4 is 45.0 Å². The van der Waals surface area contributed by atoms with Crippen LogP contribution in [0.1, 0.15) is 20.3 Å². The lowest BCUT2D eigenvalue weighted by atomic mass is 10.1. The van der Waals surface area contributed by atoms with Gasteiger partial charge in [0.05, 0.1) is 33.5 Å². The maximum Gasteiger partial charge on any atom is 0.224 e. The number of aromatic nitrogens is 7. The molecular formula is C26H21FN8OS. The van der Waals surface area contributed by atoms with Gasteiger partial charge < -0.3 is 10.3 Å². The lowest BCUT2D eigenvalue weighted by Crippen LogP contribution is -2.14. The van der Waals surface area contributed by atoms with Crippen LogP contribution in [0.15, 0.2) is 55.0 Å². The number of hydrogen-bond acceptors (Lipinski definition) is 7. The van der Waals surface area contributed by atoms with E-state index in [-0.39, 0.29) is 17.0 Å². The van der Waals surface area contributed by atoms with E-state index in [1.54, 1.807) is 24.7 Å². The number of pyridine rings is 3. The molecule has 0 aromatic carbocycles. The molecule has 11 heteroatoms. The number of rotatable bonds is 6. The number of halogens is 1. The van der Waals surface area contributed by atoms with Crippen LogP contribution < -0.4 is 5.32 Å². The van der Waals surface area contributed by atoms with Gasteiger partial charge in [-0.15, -0.1) is 11.3 Å². The summed E-state index contributed by atoms with van der Waals surface area (Å²) < 4.78 is 13.6. The molecule has 0 spiro atoms. The minimum Gasteiger partial charge on any atom is -0.336 e. The van der Waals surface area contributed by atoms with Crippen LogP contribution >= 0.6 is 11.3 Å². The third-order valence-electron chi connectivity index (χ3n) is 5.75. The van der Waals surface area contributed by atoms with Crippen molar-refractivity contribution in [2.24, 2.45) is 5.92 Å². The Morgan fingerprint density at radius 2 is 1.92 bits per heavy atom. The molecule has 0 atom stereocenters. The van der Waals surface area contributed by atoms with Crippen LogP contribution in [0, 0.1) is 11.0 Å². The third kappa shape index (κ3) is 4.45. The van der Waals surface area contributed by atoms with E-state index in [2.05, 4.69) is 30.5 Å². The highest BCUT2D eigenvalue weighted by molar-refractivity contribution is 7.13. The largest absolute Gasteiger partial charge is 0.336 e. The van der Waals surface area contributed by atoms with Crippen molar-refractivity contribution in [3.05, 3.63) is 60.1 Å². The van der Waals surface area contributed by atoms with Crippen LogP contribution in [0.5, 0.6) is 0 Å². The molecule has 184 valence electrons. The second-order valence-electron chi connectivity index (χ2n) is 9.02. The number of H-pyrrole nitrogens is 2. The highest BCUT2D eigenvalue weighted by Crippen LogP contribution is 2.33. The van der Waals surface area contributed by atoms with Crippen LogP contribution in [-0.2, 0) is 4.79 Å². The van der Waals surface area contributed by atoms with E-state index in [9.17, 15) is 9.18 Å². The molecule has 6 heterocycles. The first-order chi connectivity index (χ1) is 17.9. The van der Waals surface area contributed by atoms with Crippen molar-refractivity contribution in [1.82, 2.24) is 35.1 Å². The maximum atomic E-state index is 13.6. The molecule has 0 radical (unpaired) electrons. The number of hydrogen-bond donors (Lipinski definition) is 3. The average Bonchev–Trinajstić information content (AvgIpc) is 3.60. The van der Waals surface area contributed by atoms with E-state index in [1.807, 2.05) is 38.1 Å².